The topological polar surface area (TPSA) is 64.9 Å². The Bertz CT molecular complexity index is 649. The molecular weight excluding hydrogens is 270 g/mol. The minimum Gasteiger partial charge on any atom is -0.339 e. The predicted octanol–water partition coefficient (Wildman–Crippen LogP) is 3.43. The van der Waals surface area contributed by atoms with Crippen LogP contribution < -0.4 is 5.73 Å². The van der Waals surface area contributed by atoms with E-state index in [1.165, 1.54) is 0 Å². The van der Waals surface area contributed by atoms with Gasteiger partial charge in [-0.05, 0) is 23.4 Å². The molecule has 2 aromatic heterocycles. The summed E-state index contributed by atoms with van der Waals surface area (Å²) in [6.45, 7) is 0. The molecule has 5 heteroatoms. The first-order valence-electron chi connectivity index (χ1n) is 6.50. The normalized spacial score (nSPS) is 12.4. The molecule has 102 valence electrons. The van der Waals surface area contributed by atoms with Crippen LogP contribution in [0.4, 0.5) is 0 Å². The predicted molar refractivity (Wildman–Crippen MR) is 79.3 cm³/mol. The number of aromatic nitrogens is 2. The molecule has 2 heterocycles. The molecule has 1 unspecified atom stereocenters. The van der Waals surface area contributed by atoms with Crippen LogP contribution in [0.15, 0.2) is 52.4 Å². The summed E-state index contributed by atoms with van der Waals surface area (Å²) < 4.78 is 5.26. The van der Waals surface area contributed by atoms with Crippen molar-refractivity contribution in [2.45, 2.75) is 18.9 Å². The molecule has 3 aromatic rings. The molecule has 0 amide bonds. The van der Waals surface area contributed by atoms with Crippen molar-refractivity contribution >= 4 is 11.3 Å². The third-order valence-corrected chi connectivity index (χ3v) is 3.97. The average Bonchev–Trinajstić information content (AvgIpc) is 3.16. The van der Waals surface area contributed by atoms with E-state index in [-0.39, 0.29) is 6.04 Å². The highest BCUT2D eigenvalue weighted by Crippen LogP contribution is 2.22. The zero-order valence-electron chi connectivity index (χ0n) is 10.9. The molecule has 4 nitrogen and oxygen atoms in total. The number of benzene rings is 1. The third kappa shape index (κ3) is 2.95. The largest absolute Gasteiger partial charge is 0.339 e. The van der Waals surface area contributed by atoms with Gasteiger partial charge in [0.2, 0.25) is 11.7 Å². The van der Waals surface area contributed by atoms with E-state index in [1.54, 1.807) is 11.3 Å². The number of thiophene rings is 1. The summed E-state index contributed by atoms with van der Waals surface area (Å²) >= 11 is 1.60. The van der Waals surface area contributed by atoms with E-state index in [9.17, 15) is 0 Å². The van der Waals surface area contributed by atoms with Gasteiger partial charge < -0.3 is 10.3 Å². The number of nitrogens with zero attached hydrogens (tertiary/aromatic N) is 2. The van der Waals surface area contributed by atoms with Gasteiger partial charge in [0.1, 0.15) is 0 Å². The molecule has 0 aliphatic rings. The molecule has 1 atom stereocenters. The Hall–Kier alpha value is -1.98. The molecule has 2 N–H and O–H groups in total. The van der Waals surface area contributed by atoms with Gasteiger partial charge >= 0.3 is 0 Å². The summed E-state index contributed by atoms with van der Waals surface area (Å²) in [5.74, 6) is 1.29. The van der Waals surface area contributed by atoms with Crippen LogP contribution >= 0.6 is 11.3 Å². The van der Waals surface area contributed by atoms with Crippen molar-refractivity contribution in [1.29, 1.82) is 0 Å². The molecule has 0 bridgehead atoms. The van der Waals surface area contributed by atoms with Gasteiger partial charge in [-0.3, -0.25) is 0 Å². The van der Waals surface area contributed by atoms with Crippen LogP contribution in [0, 0.1) is 0 Å². The summed E-state index contributed by atoms with van der Waals surface area (Å²) in [6.07, 6.45) is 1.48. The molecule has 0 saturated heterocycles. The van der Waals surface area contributed by atoms with Crippen molar-refractivity contribution in [3.63, 3.8) is 0 Å². The molecule has 20 heavy (non-hydrogen) atoms. The lowest BCUT2D eigenvalue weighted by molar-refractivity contribution is 0.372. The van der Waals surface area contributed by atoms with Crippen LogP contribution in [0.1, 0.15) is 23.9 Å². The molecule has 1 aromatic carbocycles. The number of rotatable bonds is 5. The first-order valence-corrected chi connectivity index (χ1v) is 7.38. The summed E-state index contributed by atoms with van der Waals surface area (Å²) in [6, 6.07) is 14.0. The summed E-state index contributed by atoms with van der Waals surface area (Å²) in [7, 11) is 0. The third-order valence-electron chi connectivity index (χ3n) is 3.11. The second-order valence-electron chi connectivity index (χ2n) is 4.54. The van der Waals surface area contributed by atoms with Crippen LogP contribution in [0.3, 0.4) is 0 Å². The molecule has 0 spiro atoms. The number of hydrogen-bond donors (Lipinski definition) is 1. The molecule has 0 radical (unpaired) electrons. The van der Waals surface area contributed by atoms with Crippen LogP contribution in [0.5, 0.6) is 0 Å². The minimum absolute atomic E-state index is 0.00622. The fourth-order valence-electron chi connectivity index (χ4n) is 2.01. The highest BCUT2D eigenvalue weighted by Gasteiger charge is 2.12. The fourth-order valence-corrected chi connectivity index (χ4v) is 2.66. The van der Waals surface area contributed by atoms with E-state index >= 15 is 0 Å². The second-order valence-corrected chi connectivity index (χ2v) is 5.49. The molecule has 0 aliphatic carbocycles. The Morgan fingerprint density at radius 2 is 2.00 bits per heavy atom. The van der Waals surface area contributed by atoms with Gasteiger partial charge in [0.05, 0.1) is 4.88 Å². The van der Waals surface area contributed by atoms with Crippen LogP contribution in [0.25, 0.3) is 10.7 Å². The van der Waals surface area contributed by atoms with E-state index in [1.807, 2.05) is 47.8 Å². The standard InChI is InChI=1S/C15H15N3OS/c16-12(11-5-2-1-3-6-11)8-9-14-17-15(18-19-14)13-7-4-10-20-13/h1-7,10,12H,8-9,16H2. The first-order chi connectivity index (χ1) is 9.83. The van der Waals surface area contributed by atoms with Gasteiger partial charge in [-0.1, -0.05) is 41.6 Å². The Morgan fingerprint density at radius 1 is 1.15 bits per heavy atom. The van der Waals surface area contributed by atoms with Gasteiger partial charge in [-0.25, -0.2) is 0 Å². The molecular formula is C15H15N3OS. The fraction of sp³-hybridized carbons (Fsp3) is 0.200. The lowest BCUT2D eigenvalue weighted by Gasteiger charge is -2.09. The number of aryl methyl sites for hydroxylation is 1. The SMILES string of the molecule is NC(CCc1nc(-c2cccs2)no1)c1ccccc1. The summed E-state index contributed by atoms with van der Waals surface area (Å²) in [5, 5.41) is 5.99. The zero-order valence-corrected chi connectivity index (χ0v) is 11.7. The van der Waals surface area contributed by atoms with Gasteiger partial charge in [-0.15, -0.1) is 11.3 Å². The second kappa shape index (κ2) is 5.98. The van der Waals surface area contributed by atoms with Gasteiger partial charge in [0.25, 0.3) is 0 Å². The van der Waals surface area contributed by atoms with Crippen molar-refractivity contribution in [1.82, 2.24) is 10.1 Å². The van der Waals surface area contributed by atoms with E-state index < -0.39 is 0 Å². The zero-order chi connectivity index (χ0) is 13.8. The van der Waals surface area contributed by atoms with E-state index in [2.05, 4.69) is 10.1 Å². The quantitative estimate of drug-likeness (QED) is 0.780. The van der Waals surface area contributed by atoms with Crippen molar-refractivity contribution in [2.75, 3.05) is 0 Å². The van der Waals surface area contributed by atoms with E-state index in [4.69, 9.17) is 10.3 Å². The van der Waals surface area contributed by atoms with Crippen LogP contribution in [-0.2, 0) is 6.42 Å². The smallest absolute Gasteiger partial charge is 0.227 e. The average molecular weight is 285 g/mol. The van der Waals surface area contributed by atoms with Crippen molar-refractivity contribution < 1.29 is 4.52 Å². The minimum atomic E-state index is -0.00622. The molecule has 0 fully saturated rings. The first kappa shape index (κ1) is 13.0. The molecule has 3 rings (SSSR count). The maximum atomic E-state index is 6.16. The Balaban J connectivity index is 1.62. The lowest BCUT2D eigenvalue weighted by atomic mass is 10.0. The highest BCUT2D eigenvalue weighted by atomic mass is 32.1. The van der Waals surface area contributed by atoms with E-state index in [0.717, 1.165) is 16.9 Å². The van der Waals surface area contributed by atoms with Gasteiger partial charge in [0.15, 0.2) is 0 Å². The summed E-state index contributed by atoms with van der Waals surface area (Å²) in [5.41, 5.74) is 7.29. The van der Waals surface area contributed by atoms with Crippen molar-refractivity contribution in [2.24, 2.45) is 5.73 Å². The van der Waals surface area contributed by atoms with Gasteiger partial charge in [0, 0.05) is 12.5 Å². The monoisotopic (exact) mass is 285 g/mol. The van der Waals surface area contributed by atoms with Crippen LogP contribution in [0.2, 0.25) is 0 Å². The van der Waals surface area contributed by atoms with Crippen LogP contribution in [-0.4, -0.2) is 10.1 Å². The Kier molecular flexibility index (Phi) is 3.90. The lowest BCUT2D eigenvalue weighted by Crippen LogP contribution is -2.11. The number of hydrogen-bond acceptors (Lipinski definition) is 5. The molecule has 0 saturated carbocycles. The summed E-state index contributed by atoms with van der Waals surface area (Å²) in [4.78, 5) is 5.42. The maximum absolute atomic E-state index is 6.16. The van der Waals surface area contributed by atoms with E-state index in [0.29, 0.717) is 18.1 Å². The molecule has 0 aliphatic heterocycles. The maximum Gasteiger partial charge on any atom is 0.227 e. The van der Waals surface area contributed by atoms with Crippen molar-refractivity contribution in [3.8, 4) is 10.7 Å². The highest BCUT2D eigenvalue weighted by molar-refractivity contribution is 7.13. The Morgan fingerprint density at radius 3 is 2.75 bits per heavy atom. The van der Waals surface area contributed by atoms with Gasteiger partial charge in [-0.2, -0.15) is 4.98 Å². The number of nitrogens with two attached hydrogens (primary N) is 1. The Labute approximate surface area is 121 Å². The van der Waals surface area contributed by atoms with Crippen molar-refractivity contribution in [3.05, 3.63) is 59.3 Å².